The van der Waals surface area contributed by atoms with Crippen molar-refractivity contribution in [1.82, 2.24) is 10.3 Å². The number of hydrogen-bond donors (Lipinski definition) is 2. The van der Waals surface area contributed by atoms with Crippen LogP contribution >= 0.6 is 0 Å². The third kappa shape index (κ3) is 3.84. The highest BCUT2D eigenvalue weighted by Crippen LogP contribution is 2.18. The minimum Gasteiger partial charge on any atom is -0.349 e. The minimum absolute atomic E-state index is 0.000550. The zero-order valence-electron chi connectivity index (χ0n) is 13.5. The largest absolute Gasteiger partial charge is 0.349 e. The van der Waals surface area contributed by atoms with Crippen molar-refractivity contribution in [2.24, 2.45) is 5.92 Å². The number of H-pyrrole nitrogens is 1. The van der Waals surface area contributed by atoms with Crippen molar-refractivity contribution < 1.29 is 9.59 Å². The highest BCUT2D eigenvalue weighted by Gasteiger charge is 2.22. The van der Waals surface area contributed by atoms with Crippen molar-refractivity contribution in [2.75, 3.05) is 0 Å². The maximum absolute atomic E-state index is 12.3. The van der Waals surface area contributed by atoms with Gasteiger partial charge in [-0.2, -0.15) is 0 Å². The Labute approximate surface area is 130 Å². The molecule has 0 fully saturated rings. The third-order valence-corrected chi connectivity index (χ3v) is 4.05. The van der Waals surface area contributed by atoms with Crippen molar-refractivity contribution in [2.45, 2.75) is 58.9 Å². The number of nitrogens with one attached hydrogen (secondary N) is 2. The van der Waals surface area contributed by atoms with Crippen LogP contribution in [0.15, 0.2) is 10.9 Å². The summed E-state index contributed by atoms with van der Waals surface area (Å²) in [7, 11) is 0. The fourth-order valence-electron chi connectivity index (χ4n) is 2.70. The Balaban J connectivity index is 2.15. The molecule has 5 heteroatoms. The number of amides is 1. The lowest BCUT2D eigenvalue weighted by Gasteiger charge is -2.17. The molecule has 1 aliphatic carbocycles. The number of aromatic nitrogens is 1. The van der Waals surface area contributed by atoms with Crippen LogP contribution < -0.4 is 10.9 Å². The summed E-state index contributed by atoms with van der Waals surface area (Å²) in [5.41, 5.74) is 0.767. The summed E-state index contributed by atoms with van der Waals surface area (Å²) >= 11 is 0. The molecule has 0 bridgehead atoms. The number of aryl methyl sites for hydroxylation is 1. The van der Waals surface area contributed by atoms with E-state index in [1.54, 1.807) is 0 Å². The fraction of sp³-hybridized carbons (Fsp3) is 0.588. The van der Waals surface area contributed by atoms with Crippen LogP contribution in [0.25, 0.3) is 0 Å². The number of carbonyl (C=O) groups is 2. The molecule has 1 aromatic heterocycles. The number of pyridine rings is 1. The smallest absolute Gasteiger partial charge is 0.261 e. The van der Waals surface area contributed by atoms with Crippen LogP contribution in [0.3, 0.4) is 0 Å². The number of carbonyl (C=O) groups excluding carboxylic acids is 2. The summed E-state index contributed by atoms with van der Waals surface area (Å²) in [6, 6.07) is 1.46. The van der Waals surface area contributed by atoms with E-state index in [4.69, 9.17) is 0 Å². The van der Waals surface area contributed by atoms with Gasteiger partial charge < -0.3 is 10.3 Å². The van der Waals surface area contributed by atoms with Gasteiger partial charge in [0.25, 0.3) is 11.5 Å². The highest BCUT2D eigenvalue weighted by atomic mass is 16.2. The molecule has 1 heterocycles. The van der Waals surface area contributed by atoms with Gasteiger partial charge in [0.05, 0.1) is 0 Å². The zero-order valence-corrected chi connectivity index (χ0v) is 13.5. The predicted molar refractivity (Wildman–Crippen MR) is 85.3 cm³/mol. The van der Waals surface area contributed by atoms with Gasteiger partial charge >= 0.3 is 0 Å². The van der Waals surface area contributed by atoms with Gasteiger partial charge in [0.2, 0.25) is 0 Å². The number of ketones is 1. The van der Waals surface area contributed by atoms with Gasteiger partial charge in [0.15, 0.2) is 5.78 Å². The Morgan fingerprint density at radius 3 is 2.64 bits per heavy atom. The number of fused-ring (bicyclic) bond motifs is 1. The Bertz CT molecular complexity index is 631. The molecule has 120 valence electrons. The van der Waals surface area contributed by atoms with Crippen molar-refractivity contribution >= 4 is 11.7 Å². The van der Waals surface area contributed by atoms with Crippen molar-refractivity contribution in [1.29, 1.82) is 0 Å². The molecule has 0 radical (unpaired) electrons. The summed E-state index contributed by atoms with van der Waals surface area (Å²) in [6.45, 7) is 6.20. The van der Waals surface area contributed by atoms with Crippen LogP contribution in [0, 0.1) is 5.92 Å². The van der Waals surface area contributed by atoms with E-state index in [-0.39, 0.29) is 17.4 Å². The van der Waals surface area contributed by atoms with E-state index in [1.807, 2.05) is 6.92 Å². The Morgan fingerprint density at radius 1 is 1.23 bits per heavy atom. The first-order valence-corrected chi connectivity index (χ1v) is 7.98. The standard InChI is InChI=1S/C17H24N2O3/c1-10(2)7-8-11(3)18-16(21)13-9-12-14(19-17(13)22)5-4-6-15(12)20/h9-11H,4-8H2,1-3H3,(H,18,21)(H,19,22). The quantitative estimate of drug-likeness (QED) is 0.877. The van der Waals surface area contributed by atoms with Gasteiger partial charge in [0, 0.05) is 23.7 Å². The molecular weight excluding hydrogens is 280 g/mol. The Morgan fingerprint density at radius 2 is 1.95 bits per heavy atom. The second-order valence-electron chi connectivity index (χ2n) is 6.53. The summed E-state index contributed by atoms with van der Waals surface area (Å²) in [5, 5.41) is 2.84. The van der Waals surface area contributed by atoms with E-state index >= 15 is 0 Å². The summed E-state index contributed by atoms with van der Waals surface area (Å²) in [5.74, 6) is 0.169. The molecule has 0 saturated heterocycles. The Hall–Kier alpha value is -1.91. The second kappa shape index (κ2) is 6.90. The van der Waals surface area contributed by atoms with Crippen LogP contribution in [0.2, 0.25) is 0 Å². The number of rotatable bonds is 5. The number of aromatic amines is 1. The monoisotopic (exact) mass is 304 g/mol. The third-order valence-electron chi connectivity index (χ3n) is 4.05. The molecule has 2 N–H and O–H groups in total. The maximum Gasteiger partial charge on any atom is 0.261 e. The molecule has 5 nitrogen and oxygen atoms in total. The normalized spacial score (nSPS) is 15.5. The van der Waals surface area contributed by atoms with Crippen LogP contribution in [-0.4, -0.2) is 22.7 Å². The zero-order chi connectivity index (χ0) is 16.3. The van der Waals surface area contributed by atoms with E-state index in [0.717, 1.165) is 19.3 Å². The SMILES string of the molecule is CC(C)CCC(C)NC(=O)c1cc2c([nH]c1=O)CCCC2=O. The molecule has 0 aromatic carbocycles. The first-order valence-electron chi connectivity index (χ1n) is 7.98. The molecule has 2 rings (SSSR count). The Kier molecular flexibility index (Phi) is 5.16. The maximum atomic E-state index is 12.3. The lowest BCUT2D eigenvalue weighted by atomic mass is 9.93. The lowest BCUT2D eigenvalue weighted by Crippen LogP contribution is -2.37. The number of hydrogen-bond acceptors (Lipinski definition) is 3. The molecule has 1 amide bonds. The van der Waals surface area contributed by atoms with E-state index in [0.29, 0.717) is 30.0 Å². The molecule has 0 spiro atoms. The van der Waals surface area contributed by atoms with Crippen LogP contribution in [0.1, 0.15) is 72.9 Å². The molecule has 0 aliphatic heterocycles. The lowest BCUT2D eigenvalue weighted by molar-refractivity contribution is 0.0935. The summed E-state index contributed by atoms with van der Waals surface area (Å²) < 4.78 is 0. The van der Waals surface area contributed by atoms with E-state index in [1.165, 1.54) is 6.07 Å². The fourth-order valence-corrected chi connectivity index (χ4v) is 2.70. The highest BCUT2D eigenvalue weighted by molar-refractivity contribution is 6.01. The van der Waals surface area contributed by atoms with Gasteiger partial charge in [-0.05, 0) is 44.6 Å². The molecular formula is C17H24N2O3. The van der Waals surface area contributed by atoms with Crippen LogP contribution in [0.4, 0.5) is 0 Å². The number of Topliss-reactive ketones (excluding diaryl/α,β-unsaturated/α-hetero) is 1. The van der Waals surface area contributed by atoms with Crippen LogP contribution in [-0.2, 0) is 6.42 Å². The molecule has 1 atom stereocenters. The van der Waals surface area contributed by atoms with Gasteiger partial charge in [0.1, 0.15) is 5.56 Å². The summed E-state index contributed by atoms with van der Waals surface area (Å²) in [6.07, 6.45) is 3.79. The van der Waals surface area contributed by atoms with E-state index in [2.05, 4.69) is 24.1 Å². The van der Waals surface area contributed by atoms with Crippen molar-refractivity contribution in [3.05, 3.63) is 33.2 Å². The predicted octanol–water partition coefficient (Wildman–Crippen LogP) is 2.45. The molecule has 1 aliphatic rings. The van der Waals surface area contributed by atoms with Gasteiger partial charge in [-0.25, -0.2) is 0 Å². The molecule has 0 saturated carbocycles. The minimum atomic E-state index is -0.415. The van der Waals surface area contributed by atoms with Crippen molar-refractivity contribution in [3.8, 4) is 0 Å². The van der Waals surface area contributed by atoms with Gasteiger partial charge in [-0.1, -0.05) is 13.8 Å². The molecule has 22 heavy (non-hydrogen) atoms. The first-order chi connectivity index (χ1) is 10.4. The first kappa shape index (κ1) is 16.5. The van der Waals surface area contributed by atoms with Gasteiger partial charge in [-0.3, -0.25) is 14.4 Å². The van der Waals surface area contributed by atoms with Gasteiger partial charge in [-0.15, -0.1) is 0 Å². The van der Waals surface area contributed by atoms with E-state index in [9.17, 15) is 14.4 Å². The second-order valence-corrected chi connectivity index (χ2v) is 6.53. The topological polar surface area (TPSA) is 79.0 Å². The van der Waals surface area contributed by atoms with Crippen LogP contribution in [0.5, 0.6) is 0 Å². The molecule has 1 aromatic rings. The average molecular weight is 304 g/mol. The summed E-state index contributed by atoms with van der Waals surface area (Å²) in [4.78, 5) is 38.9. The average Bonchev–Trinajstić information content (AvgIpc) is 2.44. The molecule has 1 unspecified atom stereocenters. The van der Waals surface area contributed by atoms with E-state index < -0.39 is 11.5 Å². The van der Waals surface area contributed by atoms with Crippen molar-refractivity contribution in [3.63, 3.8) is 0 Å².